The molecule has 1 fully saturated rings. The van der Waals surface area contributed by atoms with Crippen molar-refractivity contribution >= 4 is 17.7 Å². The van der Waals surface area contributed by atoms with Crippen molar-refractivity contribution in [1.29, 1.82) is 0 Å². The number of amides is 2. The second-order valence-electron chi connectivity index (χ2n) is 6.52. The summed E-state index contributed by atoms with van der Waals surface area (Å²) in [6.45, 7) is 6.36. The quantitative estimate of drug-likeness (QED) is 0.895. The first kappa shape index (κ1) is 17.2. The maximum absolute atomic E-state index is 12.1. The van der Waals surface area contributed by atoms with Gasteiger partial charge in [0.2, 0.25) is 5.95 Å². The summed E-state index contributed by atoms with van der Waals surface area (Å²) in [5.74, 6) is 0.774. The van der Waals surface area contributed by atoms with E-state index in [0.29, 0.717) is 6.54 Å². The van der Waals surface area contributed by atoms with E-state index in [1.165, 1.54) is 19.3 Å². The van der Waals surface area contributed by atoms with E-state index >= 15 is 0 Å². The molecule has 2 heterocycles. The number of benzene rings is 1. The highest BCUT2D eigenvalue weighted by atomic mass is 16.2. The van der Waals surface area contributed by atoms with E-state index in [4.69, 9.17) is 0 Å². The summed E-state index contributed by atoms with van der Waals surface area (Å²) in [6, 6.07) is 9.39. The highest BCUT2D eigenvalue weighted by Crippen LogP contribution is 2.16. The van der Waals surface area contributed by atoms with Crippen LogP contribution in [0.1, 0.15) is 36.2 Å². The molecule has 2 amide bonds. The third-order valence-corrected chi connectivity index (χ3v) is 4.27. The van der Waals surface area contributed by atoms with E-state index in [-0.39, 0.29) is 6.03 Å². The third-order valence-electron chi connectivity index (χ3n) is 4.27. The van der Waals surface area contributed by atoms with Gasteiger partial charge in [0.25, 0.3) is 0 Å². The van der Waals surface area contributed by atoms with Crippen molar-refractivity contribution < 1.29 is 4.79 Å². The maximum atomic E-state index is 12.1. The van der Waals surface area contributed by atoms with Crippen molar-refractivity contribution in [3.05, 3.63) is 47.3 Å². The van der Waals surface area contributed by atoms with E-state index in [9.17, 15) is 4.79 Å². The summed E-state index contributed by atoms with van der Waals surface area (Å²) < 4.78 is 0. The first-order valence-electron chi connectivity index (χ1n) is 8.81. The van der Waals surface area contributed by atoms with Crippen molar-refractivity contribution in [2.24, 2.45) is 0 Å². The molecule has 1 saturated heterocycles. The summed E-state index contributed by atoms with van der Waals surface area (Å²) in [7, 11) is 0. The number of carbonyl (C=O) groups is 1. The Kier molecular flexibility index (Phi) is 5.48. The molecule has 25 heavy (non-hydrogen) atoms. The summed E-state index contributed by atoms with van der Waals surface area (Å²) in [4.78, 5) is 23.5. The second-order valence-corrected chi connectivity index (χ2v) is 6.52. The van der Waals surface area contributed by atoms with Crippen molar-refractivity contribution in [3.8, 4) is 0 Å². The smallest absolute Gasteiger partial charge is 0.319 e. The molecule has 0 radical (unpaired) electrons. The van der Waals surface area contributed by atoms with Crippen LogP contribution in [0.4, 0.5) is 16.4 Å². The second kappa shape index (κ2) is 7.96. The van der Waals surface area contributed by atoms with Gasteiger partial charge in [-0.2, -0.15) is 0 Å². The predicted molar refractivity (Wildman–Crippen MR) is 99.9 cm³/mol. The average Bonchev–Trinajstić information content (AvgIpc) is 2.62. The standard InChI is InChI=1S/C19H25N5O/c1-14-6-8-16(9-7-14)23-19(25)20-13-17-12-15(2)21-18(22-17)24-10-4-3-5-11-24/h6-9,12H,3-5,10-11,13H2,1-2H3,(H2,20,23,25). The molecule has 0 spiro atoms. The van der Waals surface area contributed by atoms with Crippen molar-refractivity contribution in [2.75, 3.05) is 23.3 Å². The van der Waals surface area contributed by atoms with Crippen LogP contribution in [0.2, 0.25) is 0 Å². The Bertz CT molecular complexity index is 723. The number of aromatic nitrogens is 2. The molecule has 0 saturated carbocycles. The fourth-order valence-electron chi connectivity index (χ4n) is 2.93. The van der Waals surface area contributed by atoms with Crippen LogP contribution in [-0.2, 0) is 6.54 Å². The van der Waals surface area contributed by atoms with E-state index in [1.54, 1.807) is 0 Å². The molecule has 2 N–H and O–H groups in total. The molecule has 0 bridgehead atoms. The molecule has 0 unspecified atom stereocenters. The largest absolute Gasteiger partial charge is 0.341 e. The zero-order valence-corrected chi connectivity index (χ0v) is 14.9. The lowest BCUT2D eigenvalue weighted by Gasteiger charge is -2.27. The number of piperidine rings is 1. The van der Waals surface area contributed by atoms with Crippen LogP contribution in [-0.4, -0.2) is 29.1 Å². The monoisotopic (exact) mass is 339 g/mol. The minimum absolute atomic E-state index is 0.236. The number of urea groups is 1. The van der Waals surface area contributed by atoms with Gasteiger partial charge >= 0.3 is 6.03 Å². The minimum Gasteiger partial charge on any atom is -0.341 e. The van der Waals surface area contributed by atoms with Gasteiger partial charge in [-0.15, -0.1) is 0 Å². The van der Waals surface area contributed by atoms with Gasteiger partial charge in [-0.3, -0.25) is 0 Å². The number of hydrogen-bond acceptors (Lipinski definition) is 4. The normalized spacial score (nSPS) is 14.2. The van der Waals surface area contributed by atoms with E-state index in [0.717, 1.165) is 41.7 Å². The van der Waals surface area contributed by atoms with Crippen LogP contribution in [0.25, 0.3) is 0 Å². The molecular weight excluding hydrogens is 314 g/mol. The van der Waals surface area contributed by atoms with Gasteiger partial charge < -0.3 is 15.5 Å². The SMILES string of the molecule is Cc1ccc(NC(=O)NCc2cc(C)nc(N3CCCCC3)n2)cc1. The number of hydrogen-bond donors (Lipinski definition) is 2. The van der Waals surface area contributed by atoms with Crippen LogP contribution in [0.3, 0.4) is 0 Å². The van der Waals surface area contributed by atoms with E-state index in [2.05, 4.69) is 25.5 Å². The zero-order chi connectivity index (χ0) is 17.6. The molecule has 6 nitrogen and oxygen atoms in total. The lowest BCUT2D eigenvalue weighted by atomic mass is 10.1. The van der Waals surface area contributed by atoms with Gasteiger partial charge in [-0.25, -0.2) is 14.8 Å². The summed E-state index contributed by atoms with van der Waals surface area (Å²) >= 11 is 0. The molecule has 3 rings (SSSR count). The first-order valence-corrected chi connectivity index (χ1v) is 8.81. The Morgan fingerprint density at radius 2 is 1.80 bits per heavy atom. The number of nitrogens with one attached hydrogen (secondary N) is 2. The fourth-order valence-corrected chi connectivity index (χ4v) is 2.93. The van der Waals surface area contributed by atoms with Crippen LogP contribution in [0.5, 0.6) is 0 Å². The Morgan fingerprint density at radius 1 is 1.08 bits per heavy atom. The van der Waals surface area contributed by atoms with E-state index < -0.39 is 0 Å². The van der Waals surface area contributed by atoms with Crippen molar-refractivity contribution in [2.45, 2.75) is 39.7 Å². The van der Waals surface area contributed by atoms with Crippen molar-refractivity contribution in [3.63, 3.8) is 0 Å². The lowest BCUT2D eigenvalue weighted by molar-refractivity contribution is 0.251. The number of nitrogens with zero attached hydrogens (tertiary/aromatic N) is 3. The van der Waals surface area contributed by atoms with Gasteiger partial charge in [0, 0.05) is 24.5 Å². The lowest BCUT2D eigenvalue weighted by Crippen LogP contribution is -2.32. The van der Waals surface area contributed by atoms with Crippen LogP contribution < -0.4 is 15.5 Å². The Balaban J connectivity index is 1.59. The highest BCUT2D eigenvalue weighted by Gasteiger charge is 2.14. The third kappa shape index (κ3) is 4.92. The number of aryl methyl sites for hydroxylation is 2. The molecule has 2 aromatic rings. The van der Waals surface area contributed by atoms with E-state index in [1.807, 2.05) is 44.2 Å². The molecule has 1 aromatic carbocycles. The molecule has 132 valence electrons. The zero-order valence-electron chi connectivity index (χ0n) is 14.9. The number of rotatable bonds is 4. The summed E-state index contributed by atoms with van der Waals surface area (Å²) in [6.07, 6.45) is 3.64. The van der Waals surface area contributed by atoms with Crippen LogP contribution in [0, 0.1) is 13.8 Å². The topological polar surface area (TPSA) is 70.2 Å². The first-order chi connectivity index (χ1) is 12.1. The molecule has 6 heteroatoms. The van der Waals surface area contributed by atoms with Crippen LogP contribution in [0.15, 0.2) is 30.3 Å². The van der Waals surface area contributed by atoms with Crippen molar-refractivity contribution in [1.82, 2.24) is 15.3 Å². The molecule has 1 aromatic heterocycles. The maximum Gasteiger partial charge on any atom is 0.319 e. The summed E-state index contributed by atoms with van der Waals surface area (Å²) in [5, 5.41) is 5.69. The Hall–Kier alpha value is -2.63. The fraction of sp³-hybridized carbons (Fsp3) is 0.421. The van der Waals surface area contributed by atoms with Crippen LogP contribution >= 0.6 is 0 Å². The molecule has 1 aliphatic rings. The molecular formula is C19H25N5O. The van der Waals surface area contributed by atoms with Gasteiger partial charge in [0.15, 0.2) is 0 Å². The Labute approximate surface area is 148 Å². The average molecular weight is 339 g/mol. The number of anilines is 2. The van der Waals surface area contributed by atoms with Gasteiger partial charge in [0.05, 0.1) is 12.2 Å². The molecule has 1 aliphatic heterocycles. The molecule has 0 aliphatic carbocycles. The summed E-state index contributed by atoms with van der Waals surface area (Å²) in [5.41, 5.74) is 3.68. The van der Waals surface area contributed by atoms with Gasteiger partial charge in [0.1, 0.15) is 0 Å². The van der Waals surface area contributed by atoms with Gasteiger partial charge in [-0.05, 0) is 51.3 Å². The predicted octanol–water partition coefficient (Wildman–Crippen LogP) is 3.41. The minimum atomic E-state index is -0.236. The highest BCUT2D eigenvalue weighted by molar-refractivity contribution is 5.89. The Morgan fingerprint density at radius 3 is 2.52 bits per heavy atom. The molecule has 0 atom stereocenters. The number of carbonyl (C=O) groups excluding carboxylic acids is 1. The van der Waals surface area contributed by atoms with Gasteiger partial charge in [-0.1, -0.05) is 17.7 Å².